The lowest BCUT2D eigenvalue weighted by molar-refractivity contribution is -0.140. The maximum absolute atomic E-state index is 14.1. The fourth-order valence-electron chi connectivity index (χ4n) is 10.5. The number of hydrogen-bond donors (Lipinski definition) is 0. The fourth-order valence-corrected chi connectivity index (χ4v) is 10.5. The molecule has 0 aromatic heterocycles. The van der Waals surface area contributed by atoms with Crippen molar-refractivity contribution in [1.82, 2.24) is 24.5 Å². The summed E-state index contributed by atoms with van der Waals surface area (Å²) in [6.45, 7) is 22.9. The largest absolute Gasteiger partial charge is 0.338 e. The van der Waals surface area contributed by atoms with Crippen LogP contribution in [0.4, 0.5) is 0 Å². The van der Waals surface area contributed by atoms with Gasteiger partial charge in [0.15, 0.2) is 0 Å². The van der Waals surface area contributed by atoms with E-state index in [4.69, 9.17) is 0 Å². The van der Waals surface area contributed by atoms with Crippen LogP contribution in [0.1, 0.15) is 298 Å². The number of rotatable bonds is 53. The van der Waals surface area contributed by atoms with Crippen molar-refractivity contribution in [1.29, 1.82) is 0 Å². The number of unbranched alkanes of at least 4 members (excludes halogenated alkanes) is 36. The lowest BCUT2D eigenvalue weighted by Gasteiger charge is -2.37. The van der Waals surface area contributed by atoms with Crippen LogP contribution >= 0.6 is 0 Å². The van der Waals surface area contributed by atoms with Crippen LogP contribution in [0.2, 0.25) is 0 Å². The maximum atomic E-state index is 14.1. The Morgan fingerprint density at radius 2 is 0.426 bits per heavy atom. The van der Waals surface area contributed by atoms with Crippen LogP contribution in [-0.2, 0) is 9.59 Å². The molecule has 0 aliphatic carbocycles. The van der Waals surface area contributed by atoms with Crippen LogP contribution in [-0.4, -0.2) is 121 Å². The van der Waals surface area contributed by atoms with Gasteiger partial charge >= 0.3 is 0 Å². The molecule has 0 N–H and O–H groups in total. The minimum atomic E-state index is 0.272. The third-order valence-electron chi connectivity index (χ3n) is 15.3. The van der Waals surface area contributed by atoms with Crippen LogP contribution < -0.4 is 0 Å². The van der Waals surface area contributed by atoms with Crippen LogP contribution in [0.5, 0.6) is 0 Å². The molecule has 1 heterocycles. The van der Waals surface area contributed by atoms with E-state index in [1.54, 1.807) is 0 Å². The summed E-state index contributed by atoms with van der Waals surface area (Å²) in [6.07, 6.45) is 55.1. The Hall–Kier alpha value is -1.18. The summed E-state index contributed by atoms with van der Waals surface area (Å²) in [5, 5.41) is 0. The van der Waals surface area contributed by atoms with E-state index in [0.717, 1.165) is 32.7 Å². The average Bonchev–Trinajstić information content (AvgIpc) is 3.35. The van der Waals surface area contributed by atoms with Crippen LogP contribution in [0.3, 0.4) is 0 Å². The monoisotopic (exact) mass is 958 g/mol. The van der Waals surface area contributed by atoms with Crippen molar-refractivity contribution < 1.29 is 9.59 Å². The van der Waals surface area contributed by atoms with Gasteiger partial charge in [-0.05, 0) is 64.8 Å². The molecule has 1 aliphatic heterocycles. The quantitative estimate of drug-likeness (QED) is 0.0569. The lowest BCUT2D eigenvalue weighted by atomic mass is 10.1. The van der Waals surface area contributed by atoms with E-state index < -0.39 is 0 Å². The SMILES string of the molecule is CCCCCCCCCCCCN(CCCCCCCCCCCC)CC(=O)N1CCN(C(=O)CN(CCCCCCCCC)CCN(CCCCCCCCC)CCCCCCCCC)CC1. The number of carbonyl (C=O) groups excluding carboxylic acids is 2. The Balaban J connectivity index is 2.76. The summed E-state index contributed by atoms with van der Waals surface area (Å²) in [7, 11) is 0. The first-order valence-electron chi connectivity index (χ1n) is 31.2. The molecule has 0 atom stereocenters. The van der Waals surface area contributed by atoms with Crippen molar-refractivity contribution in [2.24, 2.45) is 0 Å². The molecule has 7 nitrogen and oxygen atoms in total. The highest BCUT2D eigenvalue weighted by Gasteiger charge is 2.26. The normalized spacial score (nSPS) is 13.3. The van der Waals surface area contributed by atoms with Gasteiger partial charge in [0.2, 0.25) is 11.8 Å². The van der Waals surface area contributed by atoms with E-state index >= 15 is 0 Å². The van der Waals surface area contributed by atoms with E-state index in [2.05, 4.69) is 59.1 Å². The molecule has 0 radical (unpaired) electrons. The summed E-state index contributed by atoms with van der Waals surface area (Å²) < 4.78 is 0. The van der Waals surface area contributed by atoms with Crippen LogP contribution in [0.15, 0.2) is 0 Å². The molecule has 0 saturated carbocycles. The molecule has 2 amide bonds. The molecule has 0 spiro atoms. The highest BCUT2D eigenvalue weighted by atomic mass is 16.2. The second-order valence-corrected chi connectivity index (χ2v) is 21.9. The average molecular weight is 959 g/mol. The molecule has 0 aromatic carbocycles. The minimum Gasteiger partial charge on any atom is -0.338 e. The van der Waals surface area contributed by atoms with Gasteiger partial charge in [0.25, 0.3) is 0 Å². The summed E-state index contributed by atoms with van der Waals surface area (Å²) in [5.41, 5.74) is 0. The molecule has 1 aliphatic rings. The third-order valence-corrected chi connectivity index (χ3v) is 15.3. The van der Waals surface area contributed by atoms with Crippen molar-refractivity contribution >= 4 is 11.8 Å². The Morgan fingerprint density at radius 1 is 0.250 bits per heavy atom. The number of hydrogen-bond acceptors (Lipinski definition) is 5. The molecule has 68 heavy (non-hydrogen) atoms. The van der Waals surface area contributed by atoms with Gasteiger partial charge < -0.3 is 14.7 Å². The summed E-state index contributed by atoms with van der Waals surface area (Å²) >= 11 is 0. The highest BCUT2D eigenvalue weighted by Crippen LogP contribution is 2.16. The van der Waals surface area contributed by atoms with Crippen molar-refractivity contribution in [3.63, 3.8) is 0 Å². The lowest BCUT2D eigenvalue weighted by Crippen LogP contribution is -2.54. The van der Waals surface area contributed by atoms with Gasteiger partial charge in [0, 0.05) is 39.3 Å². The second kappa shape index (κ2) is 50.7. The minimum absolute atomic E-state index is 0.272. The van der Waals surface area contributed by atoms with Gasteiger partial charge in [-0.2, -0.15) is 0 Å². The molecule has 0 aromatic rings. The Kier molecular flexibility index (Phi) is 48.4. The fraction of sp³-hybridized carbons (Fsp3) is 0.967. The van der Waals surface area contributed by atoms with Gasteiger partial charge in [0.05, 0.1) is 13.1 Å². The summed E-state index contributed by atoms with van der Waals surface area (Å²) in [6, 6.07) is 0. The topological polar surface area (TPSA) is 50.3 Å². The number of amides is 2. The summed E-state index contributed by atoms with van der Waals surface area (Å²) in [4.78, 5) is 39.8. The molecule has 404 valence electrons. The third kappa shape index (κ3) is 40.4. The van der Waals surface area contributed by atoms with Crippen LogP contribution in [0, 0.1) is 0 Å². The van der Waals surface area contributed by atoms with Gasteiger partial charge in [-0.15, -0.1) is 0 Å². The maximum Gasteiger partial charge on any atom is 0.236 e. The van der Waals surface area contributed by atoms with E-state index in [1.165, 1.54) is 276 Å². The highest BCUT2D eigenvalue weighted by molar-refractivity contribution is 5.80. The zero-order valence-electron chi connectivity index (χ0n) is 47.2. The predicted octanol–water partition coefficient (Wildman–Crippen LogP) is 16.7. The molecule has 1 rings (SSSR count). The molecule has 0 unspecified atom stereocenters. The zero-order valence-corrected chi connectivity index (χ0v) is 47.2. The van der Waals surface area contributed by atoms with E-state index in [1.807, 2.05) is 0 Å². The van der Waals surface area contributed by atoms with Crippen LogP contribution in [0.25, 0.3) is 0 Å². The number of nitrogens with zero attached hydrogens (tertiary/aromatic N) is 5. The molecular formula is C61H123N5O2. The molecule has 0 bridgehead atoms. The van der Waals surface area contributed by atoms with Crippen molar-refractivity contribution in [3.05, 3.63) is 0 Å². The first-order valence-corrected chi connectivity index (χ1v) is 31.2. The van der Waals surface area contributed by atoms with E-state index in [9.17, 15) is 9.59 Å². The Labute approximate surface area is 427 Å². The van der Waals surface area contributed by atoms with Crippen molar-refractivity contribution in [3.8, 4) is 0 Å². The second-order valence-electron chi connectivity index (χ2n) is 21.9. The zero-order chi connectivity index (χ0) is 49.2. The van der Waals surface area contributed by atoms with Crippen molar-refractivity contribution in [2.75, 3.05) is 85.1 Å². The van der Waals surface area contributed by atoms with E-state index in [-0.39, 0.29) is 11.8 Å². The standard InChI is InChI=1S/C61H123N5O2/c1-6-11-16-21-26-28-30-35-40-44-49-63(50-45-41-36-31-29-27-22-17-12-7-2)58-60(67)65-54-56-66(57-55-65)61(68)59-64(51-46-39-34-25-20-15-10-5)53-52-62(47-42-37-32-23-18-13-8-3)48-43-38-33-24-19-14-9-4/h6-59H2,1-5H3. The Bertz CT molecular complexity index is 1010. The molecule has 1 fully saturated rings. The molecular weight excluding hydrogens is 835 g/mol. The first kappa shape index (κ1) is 64.8. The Morgan fingerprint density at radius 3 is 0.662 bits per heavy atom. The van der Waals surface area contributed by atoms with Gasteiger partial charge in [-0.25, -0.2) is 0 Å². The van der Waals surface area contributed by atoms with Gasteiger partial charge in [-0.3, -0.25) is 19.4 Å². The first-order chi connectivity index (χ1) is 33.5. The molecule has 1 saturated heterocycles. The van der Waals surface area contributed by atoms with Gasteiger partial charge in [0.1, 0.15) is 0 Å². The smallest absolute Gasteiger partial charge is 0.236 e. The number of piperazine rings is 1. The van der Waals surface area contributed by atoms with Gasteiger partial charge in [-0.1, -0.05) is 266 Å². The molecule has 7 heteroatoms. The number of carbonyl (C=O) groups is 2. The summed E-state index contributed by atoms with van der Waals surface area (Å²) in [5.74, 6) is 0.549. The van der Waals surface area contributed by atoms with E-state index in [0.29, 0.717) is 39.3 Å². The van der Waals surface area contributed by atoms with Crippen molar-refractivity contribution in [2.45, 2.75) is 298 Å². The predicted molar refractivity (Wildman–Crippen MR) is 300 cm³/mol.